The van der Waals surface area contributed by atoms with E-state index in [1.807, 2.05) is 54.6 Å². The molecule has 5 nitrogen and oxygen atoms in total. The highest BCUT2D eigenvalue weighted by molar-refractivity contribution is 6.07. The Morgan fingerprint density at radius 3 is 2.27 bits per heavy atom. The van der Waals surface area contributed by atoms with E-state index in [1.165, 1.54) is 0 Å². The van der Waals surface area contributed by atoms with Crippen molar-refractivity contribution < 1.29 is 14.6 Å². The fourth-order valence-corrected chi connectivity index (χ4v) is 3.65. The van der Waals surface area contributed by atoms with E-state index in [0.29, 0.717) is 13.0 Å². The zero-order valence-electron chi connectivity index (χ0n) is 17.5. The first-order chi connectivity index (χ1) is 14.3. The van der Waals surface area contributed by atoms with Gasteiger partial charge in [-0.1, -0.05) is 36.4 Å². The third-order valence-corrected chi connectivity index (χ3v) is 5.38. The van der Waals surface area contributed by atoms with Crippen LogP contribution in [0.4, 0.5) is 0 Å². The number of aromatic amines is 1. The Bertz CT molecular complexity index is 1200. The maximum atomic E-state index is 12.4. The average Bonchev–Trinajstić information content (AvgIpc) is 3.08. The number of benzene rings is 3. The summed E-state index contributed by atoms with van der Waals surface area (Å²) in [4.78, 5) is 15.8. The fraction of sp³-hybridized carbons (Fsp3) is 0.240. The standard InChI is InChI=1S/C25H26N2O3/c1-25(2,29)18-7-4-16(5-8-18)15-26-24(28)13-17-6-10-20-21-11-9-19(30-3)14-23(21)27-22(20)12-17/h4-12,14,27,29H,13,15H2,1-3H3,(H,26,28). The Morgan fingerprint density at radius 1 is 0.967 bits per heavy atom. The van der Waals surface area contributed by atoms with Gasteiger partial charge < -0.3 is 20.1 Å². The van der Waals surface area contributed by atoms with Gasteiger partial charge in [-0.2, -0.15) is 0 Å². The number of ether oxygens (including phenoxy) is 1. The number of H-pyrrole nitrogens is 1. The molecule has 4 rings (SSSR count). The fourth-order valence-electron chi connectivity index (χ4n) is 3.65. The van der Waals surface area contributed by atoms with Crippen LogP contribution in [-0.4, -0.2) is 23.1 Å². The van der Waals surface area contributed by atoms with Gasteiger partial charge in [0.1, 0.15) is 5.75 Å². The number of hydrogen-bond donors (Lipinski definition) is 3. The van der Waals surface area contributed by atoms with Crippen LogP contribution < -0.4 is 10.1 Å². The summed E-state index contributed by atoms with van der Waals surface area (Å²) in [6, 6.07) is 19.7. The molecule has 0 aliphatic carbocycles. The molecule has 0 unspecified atom stereocenters. The maximum absolute atomic E-state index is 12.4. The monoisotopic (exact) mass is 402 g/mol. The minimum Gasteiger partial charge on any atom is -0.497 e. The Hall–Kier alpha value is -3.31. The number of methoxy groups -OCH3 is 1. The van der Waals surface area contributed by atoms with Crippen LogP contribution in [0.25, 0.3) is 21.8 Å². The molecule has 1 aromatic heterocycles. The summed E-state index contributed by atoms with van der Waals surface area (Å²) in [6.07, 6.45) is 0.316. The van der Waals surface area contributed by atoms with Crippen molar-refractivity contribution in [1.82, 2.24) is 10.3 Å². The van der Waals surface area contributed by atoms with E-state index >= 15 is 0 Å². The SMILES string of the molecule is COc1ccc2c(c1)[nH]c1cc(CC(=O)NCc3ccc(C(C)(C)O)cc3)ccc12. The summed E-state index contributed by atoms with van der Waals surface area (Å²) in [5.41, 5.74) is 3.95. The van der Waals surface area contributed by atoms with Crippen molar-refractivity contribution in [3.63, 3.8) is 0 Å². The number of hydrogen-bond acceptors (Lipinski definition) is 3. The Labute approximate surface area is 175 Å². The molecular formula is C25H26N2O3. The molecule has 1 amide bonds. The summed E-state index contributed by atoms with van der Waals surface area (Å²) in [7, 11) is 1.66. The summed E-state index contributed by atoms with van der Waals surface area (Å²) in [5.74, 6) is 0.780. The lowest BCUT2D eigenvalue weighted by Crippen LogP contribution is -2.24. The third kappa shape index (κ3) is 4.16. The number of nitrogens with one attached hydrogen (secondary N) is 2. The molecule has 0 aliphatic rings. The summed E-state index contributed by atoms with van der Waals surface area (Å²) >= 11 is 0. The zero-order chi connectivity index (χ0) is 21.3. The van der Waals surface area contributed by atoms with Gasteiger partial charge in [0.15, 0.2) is 0 Å². The lowest BCUT2D eigenvalue weighted by atomic mass is 9.97. The summed E-state index contributed by atoms with van der Waals surface area (Å²) in [6.45, 7) is 3.97. The molecule has 30 heavy (non-hydrogen) atoms. The molecule has 3 aromatic carbocycles. The van der Waals surface area contributed by atoms with Gasteiger partial charge in [-0.05, 0) is 48.7 Å². The first-order valence-electron chi connectivity index (χ1n) is 10.0. The largest absolute Gasteiger partial charge is 0.497 e. The van der Waals surface area contributed by atoms with E-state index in [2.05, 4.69) is 16.4 Å². The van der Waals surface area contributed by atoms with E-state index in [0.717, 1.165) is 44.2 Å². The van der Waals surface area contributed by atoms with Crippen LogP contribution >= 0.6 is 0 Å². The van der Waals surface area contributed by atoms with E-state index in [-0.39, 0.29) is 5.91 Å². The van der Waals surface area contributed by atoms with Gasteiger partial charge in [0.2, 0.25) is 5.91 Å². The smallest absolute Gasteiger partial charge is 0.224 e. The molecule has 0 bridgehead atoms. The molecule has 0 saturated heterocycles. The van der Waals surface area contributed by atoms with Crippen LogP contribution in [0.1, 0.15) is 30.5 Å². The predicted octanol–water partition coefficient (Wildman–Crippen LogP) is 4.42. The second kappa shape index (κ2) is 7.84. The van der Waals surface area contributed by atoms with Crippen molar-refractivity contribution in [3.8, 4) is 5.75 Å². The normalized spacial score (nSPS) is 11.7. The van der Waals surface area contributed by atoms with Gasteiger partial charge in [0, 0.05) is 28.9 Å². The van der Waals surface area contributed by atoms with Crippen molar-refractivity contribution in [2.45, 2.75) is 32.4 Å². The lowest BCUT2D eigenvalue weighted by molar-refractivity contribution is -0.120. The maximum Gasteiger partial charge on any atom is 0.224 e. The third-order valence-electron chi connectivity index (χ3n) is 5.38. The number of amides is 1. The van der Waals surface area contributed by atoms with Crippen LogP contribution in [-0.2, 0) is 23.4 Å². The quantitative estimate of drug-likeness (QED) is 0.447. The number of rotatable bonds is 6. The van der Waals surface area contributed by atoms with Gasteiger partial charge in [0.25, 0.3) is 0 Å². The van der Waals surface area contributed by atoms with E-state index in [1.54, 1.807) is 21.0 Å². The van der Waals surface area contributed by atoms with Crippen molar-refractivity contribution in [2.75, 3.05) is 7.11 Å². The van der Waals surface area contributed by atoms with Crippen LogP contribution in [0.2, 0.25) is 0 Å². The highest BCUT2D eigenvalue weighted by Gasteiger charge is 2.15. The lowest BCUT2D eigenvalue weighted by Gasteiger charge is -2.18. The number of aliphatic hydroxyl groups is 1. The van der Waals surface area contributed by atoms with E-state index in [9.17, 15) is 9.90 Å². The van der Waals surface area contributed by atoms with Gasteiger partial charge >= 0.3 is 0 Å². The molecule has 0 radical (unpaired) electrons. The van der Waals surface area contributed by atoms with Crippen LogP contribution in [0.5, 0.6) is 5.75 Å². The molecule has 0 atom stereocenters. The summed E-state index contributed by atoms with van der Waals surface area (Å²) in [5, 5.41) is 15.3. The average molecular weight is 402 g/mol. The number of fused-ring (bicyclic) bond motifs is 3. The van der Waals surface area contributed by atoms with E-state index < -0.39 is 5.60 Å². The summed E-state index contributed by atoms with van der Waals surface area (Å²) < 4.78 is 5.30. The predicted molar refractivity (Wildman–Crippen MR) is 120 cm³/mol. The molecule has 3 N–H and O–H groups in total. The van der Waals surface area contributed by atoms with Crippen molar-refractivity contribution in [3.05, 3.63) is 77.4 Å². The minimum absolute atomic E-state index is 0.0290. The van der Waals surface area contributed by atoms with E-state index in [4.69, 9.17) is 4.74 Å². The molecule has 1 heterocycles. The number of carbonyl (C=O) groups excluding carboxylic acids is 1. The van der Waals surface area contributed by atoms with Crippen LogP contribution in [0.15, 0.2) is 60.7 Å². The van der Waals surface area contributed by atoms with Gasteiger partial charge in [-0.25, -0.2) is 0 Å². The Balaban J connectivity index is 1.43. The molecular weight excluding hydrogens is 376 g/mol. The van der Waals surface area contributed by atoms with Gasteiger partial charge in [-0.3, -0.25) is 4.79 Å². The second-order valence-corrected chi connectivity index (χ2v) is 8.13. The molecule has 4 aromatic rings. The number of aromatic nitrogens is 1. The molecule has 5 heteroatoms. The van der Waals surface area contributed by atoms with Crippen molar-refractivity contribution >= 4 is 27.7 Å². The van der Waals surface area contributed by atoms with Gasteiger partial charge in [-0.15, -0.1) is 0 Å². The molecule has 0 saturated carbocycles. The minimum atomic E-state index is -0.867. The molecule has 0 spiro atoms. The van der Waals surface area contributed by atoms with Crippen LogP contribution in [0.3, 0.4) is 0 Å². The topological polar surface area (TPSA) is 74.4 Å². The van der Waals surface area contributed by atoms with Gasteiger partial charge in [0.05, 0.1) is 24.6 Å². The second-order valence-electron chi connectivity index (χ2n) is 8.13. The van der Waals surface area contributed by atoms with Crippen LogP contribution in [0, 0.1) is 0 Å². The zero-order valence-corrected chi connectivity index (χ0v) is 17.5. The van der Waals surface area contributed by atoms with Crippen molar-refractivity contribution in [2.24, 2.45) is 0 Å². The highest BCUT2D eigenvalue weighted by atomic mass is 16.5. The Kier molecular flexibility index (Phi) is 5.22. The molecule has 0 aliphatic heterocycles. The highest BCUT2D eigenvalue weighted by Crippen LogP contribution is 2.29. The number of carbonyl (C=O) groups is 1. The molecule has 154 valence electrons. The van der Waals surface area contributed by atoms with Crippen molar-refractivity contribution in [1.29, 1.82) is 0 Å². The molecule has 0 fully saturated rings. The first-order valence-corrected chi connectivity index (χ1v) is 10.0. The Morgan fingerprint density at radius 2 is 1.60 bits per heavy atom. The first kappa shape index (κ1) is 20.0.